The molecule has 0 aromatic heterocycles. The summed E-state index contributed by atoms with van der Waals surface area (Å²) in [6, 6.07) is 6.22. The Balaban J connectivity index is 2.60. The summed E-state index contributed by atoms with van der Waals surface area (Å²) in [6.07, 6.45) is 0. The van der Waals surface area contributed by atoms with Crippen LogP contribution in [0.3, 0.4) is 0 Å². The Bertz CT molecular complexity index is 344. The second kappa shape index (κ2) is 2.76. The van der Waals surface area contributed by atoms with Gasteiger partial charge in [-0.25, -0.2) is 0 Å². The first kappa shape index (κ1) is 9.10. The number of fused-ring (bicyclic) bond motifs is 1. The lowest BCUT2D eigenvalue weighted by Gasteiger charge is -2.14. The highest BCUT2D eigenvalue weighted by Crippen LogP contribution is 2.39. The zero-order valence-corrected chi connectivity index (χ0v) is 9.07. The maximum atomic E-state index is 11.7. The van der Waals surface area contributed by atoms with E-state index in [9.17, 15) is 4.55 Å². The Morgan fingerprint density at radius 2 is 2.08 bits per heavy atom. The lowest BCUT2D eigenvalue weighted by molar-refractivity contribution is 0.571. The maximum Gasteiger partial charge on any atom is 0.156 e. The van der Waals surface area contributed by atoms with Crippen LogP contribution in [0.4, 0.5) is 0 Å². The summed E-state index contributed by atoms with van der Waals surface area (Å²) < 4.78 is 11.7. The van der Waals surface area contributed by atoms with Crippen LogP contribution >= 0.6 is 0 Å². The van der Waals surface area contributed by atoms with E-state index in [1.807, 2.05) is 12.1 Å². The van der Waals surface area contributed by atoms with E-state index in [1.54, 1.807) is 0 Å². The summed E-state index contributed by atoms with van der Waals surface area (Å²) in [6.45, 7) is 6.41. The molecule has 0 N–H and O–H groups in total. The molecule has 13 heavy (non-hydrogen) atoms. The molecule has 1 aliphatic heterocycles. The van der Waals surface area contributed by atoms with Crippen molar-refractivity contribution in [3.05, 3.63) is 29.3 Å². The molecule has 1 aromatic carbocycles. The van der Waals surface area contributed by atoms with Crippen molar-refractivity contribution in [2.75, 3.05) is 5.75 Å². The Kier molecular flexibility index (Phi) is 1.93. The van der Waals surface area contributed by atoms with E-state index in [-0.39, 0.29) is 5.41 Å². The first-order valence-corrected chi connectivity index (χ1v) is 5.82. The monoisotopic (exact) mass is 194 g/mol. The van der Waals surface area contributed by atoms with Crippen molar-refractivity contribution in [2.24, 2.45) is 0 Å². The quantitative estimate of drug-likeness (QED) is 0.582. The van der Waals surface area contributed by atoms with Gasteiger partial charge in [0.2, 0.25) is 0 Å². The van der Waals surface area contributed by atoms with Crippen LogP contribution in [0.2, 0.25) is 0 Å². The summed E-state index contributed by atoms with van der Waals surface area (Å²) in [5.74, 6) is 0.770. The van der Waals surface area contributed by atoms with Gasteiger partial charge in [0.25, 0.3) is 0 Å². The summed E-state index contributed by atoms with van der Waals surface area (Å²) in [4.78, 5) is 1.04. The smallest absolute Gasteiger partial charge is 0.156 e. The molecule has 0 fully saturated rings. The van der Waals surface area contributed by atoms with Crippen LogP contribution < -0.4 is 0 Å². The Labute approximate surface area is 82.3 Å². The number of hydrogen-bond acceptors (Lipinski definition) is 1. The van der Waals surface area contributed by atoms with Crippen LogP contribution in [0.25, 0.3) is 0 Å². The third kappa shape index (κ3) is 1.38. The first-order valence-electron chi connectivity index (χ1n) is 4.50. The van der Waals surface area contributed by atoms with Gasteiger partial charge in [-0.3, -0.25) is 0 Å². The standard InChI is InChI=1S/C11H14OS/c1-8-4-5-10-9(6-8)11(2,3)7-13(10)12/h4-6H,7H2,1-3H3. The van der Waals surface area contributed by atoms with Crippen LogP contribution in [0.5, 0.6) is 0 Å². The normalized spacial score (nSPS) is 24.5. The van der Waals surface area contributed by atoms with E-state index >= 15 is 0 Å². The number of benzene rings is 1. The number of aryl methyl sites for hydroxylation is 1. The predicted octanol–water partition coefficient (Wildman–Crippen LogP) is 2.39. The van der Waals surface area contributed by atoms with Crippen molar-refractivity contribution >= 4 is 11.2 Å². The van der Waals surface area contributed by atoms with Gasteiger partial charge in [0.05, 0.1) is 0 Å². The largest absolute Gasteiger partial charge is 0.611 e. The molecular weight excluding hydrogens is 180 g/mol. The van der Waals surface area contributed by atoms with E-state index in [4.69, 9.17) is 0 Å². The van der Waals surface area contributed by atoms with Gasteiger partial charge >= 0.3 is 0 Å². The minimum atomic E-state index is -0.775. The molecule has 2 heteroatoms. The Hall–Kier alpha value is -0.470. The van der Waals surface area contributed by atoms with Crippen LogP contribution in [0, 0.1) is 6.92 Å². The Morgan fingerprint density at radius 1 is 1.38 bits per heavy atom. The molecule has 1 aliphatic rings. The lowest BCUT2D eigenvalue weighted by atomic mass is 9.86. The first-order chi connectivity index (χ1) is 6.00. The van der Waals surface area contributed by atoms with Crippen molar-refractivity contribution < 1.29 is 4.55 Å². The molecule has 0 saturated carbocycles. The highest BCUT2D eigenvalue weighted by Gasteiger charge is 2.40. The molecule has 1 atom stereocenters. The molecule has 0 amide bonds. The van der Waals surface area contributed by atoms with Crippen molar-refractivity contribution in [3.8, 4) is 0 Å². The highest BCUT2D eigenvalue weighted by atomic mass is 32.2. The van der Waals surface area contributed by atoms with Crippen LogP contribution in [0.1, 0.15) is 25.0 Å². The molecule has 1 unspecified atom stereocenters. The Morgan fingerprint density at radius 3 is 2.77 bits per heavy atom. The van der Waals surface area contributed by atoms with Crippen molar-refractivity contribution in [1.29, 1.82) is 0 Å². The van der Waals surface area contributed by atoms with E-state index in [1.165, 1.54) is 11.1 Å². The molecule has 2 rings (SSSR count). The van der Waals surface area contributed by atoms with Gasteiger partial charge in [-0.2, -0.15) is 0 Å². The van der Waals surface area contributed by atoms with Gasteiger partial charge in [-0.15, -0.1) is 0 Å². The summed E-state index contributed by atoms with van der Waals surface area (Å²) in [7, 11) is 0. The van der Waals surface area contributed by atoms with Crippen LogP contribution in [0.15, 0.2) is 23.1 Å². The molecule has 0 spiro atoms. The molecule has 0 bridgehead atoms. The van der Waals surface area contributed by atoms with Gasteiger partial charge in [0.1, 0.15) is 5.75 Å². The highest BCUT2D eigenvalue weighted by molar-refractivity contribution is 7.91. The van der Waals surface area contributed by atoms with Gasteiger partial charge < -0.3 is 4.55 Å². The molecular formula is C11H14OS. The third-order valence-corrected chi connectivity index (χ3v) is 4.43. The zero-order chi connectivity index (χ0) is 9.64. The lowest BCUT2D eigenvalue weighted by Crippen LogP contribution is -2.19. The van der Waals surface area contributed by atoms with Gasteiger partial charge in [0.15, 0.2) is 4.90 Å². The van der Waals surface area contributed by atoms with Crippen molar-refractivity contribution in [1.82, 2.24) is 0 Å². The van der Waals surface area contributed by atoms with Crippen LogP contribution in [-0.2, 0) is 16.6 Å². The molecule has 0 radical (unpaired) electrons. The molecule has 1 aromatic rings. The molecule has 1 nitrogen and oxygen atoms in total. The van der Waals surface area contributed by atoms with Crippen molar-refractivity contribution in [2.45, 2.75) is 31.1 Å². The van der Waals surface area contributed by atoms with E-state index in [0.717, 1.165) is 10.6 Å². The fourth-order valence-electron chi connectivity index (χ4n) is 1.85. The van der Waals surface area contributed by atoms with Gasteiger partial charge in [-0.1, -0.05) is 31.5 Å². The second-order valence-electron chi connectivity index (χ2n) is 4.37. The minimum Gasteiger partial charge on any atom is -0.611 e. The van der Waals surface area contributed by atoms with E-state index < -0.39 is 11.2 Å². The average molecular weight is 194 g/mol. The number of rotatable bonds is 0. The van der Waals surface area contributed by atoms with Gasteiger partial charge in [-0.05, 0) is 24.2 Å². The summed E-state index contributed by atoms with van der Waals surface area (Å²) in [5.41, 5.74) is 2.61. The average Bonchev–Trinajstić information content (AvgIpc) is 2.23. The van der Waals surface area contributed by atoms with Crippen LogP contribution in [-0.4, -0.2) is 10.3 Å². The van der Waals surface area contributed by atoms with Gasteiger partial charge in [0, 0.05) is 11.0 Å². The SMILES string of the molecule is Cc1ccc2c(c1)C(C)(C)C[S+]2[O-]. The van der Waals surface area contributed by atoms with Crippen molar-refractivity contribution in [3.63, 3.8) is 0 Å². The maximum absolute atomic E-state index is 11.7. The van der Waals surface area contributed by atoms with E-state index in [0.29, 0.717) is 0 Å². The third-order valence-electron chi connectivity index (χ3n) is 2.60. The molecule has 1 heterocycles. The fraction of sp³-hybridized carbons (Fsp3) is 0.455. The molecule has 0 aliphatic carbocycles. The number of hydrogen-bond donors (Lipinski definition) is 0. The fourth-order valence-corrected chi connectivity index (χ4v) is 3.62. The summed E-state index contributed by atoms with van der Waals surface area (Å²) >= 11 is -0.775. The predicted molar refractivity (Wildman–Crippen MR) is 55.5 cm³/mol. The van der Waals surface area contributed by atoms with E-state index in [2.05, 4.69) is 26.8 Å². The topological polar surface area (TPSA) is 23.1 Å². The summed E-state index contributed by atoms with van der Waals surface area (Å²) in [5, 5.41) is 0. The minimum absolute atomic E-state index is 0.0895. The molecule has 0 saturated heterocycles. The zero-order valence-electron chi connectivity index (χ0n) is 8.26. The molecule has 70 valence electrons. The second-order valence-corrected chi connectivity index (χ2v) is 5.79.